The van der Waals surface area contributed by atoms with Crippen LogP contribution in [0.4, 0.5) is 0 Å². The Balaban J connectivity index is 1.92. The Morgan fingerprint density at radius 3 is 2.83 bits per heavy atom. The van der Waals surface area contributed by atoms with E-state index in [4.69, 9.17) is 4.74 Å². The number of piperidine rings is 1. The Labute approximate surface area is 73.2 Å². The van der Waals surface area contributed by atoms with Crippen LogP contribution >= 0.6 is 0 Å². The summed E-state index contributed by atoms with van der Waals surface area (Å²) in [5.41, 5.74) is 0. The molecule has 2 heterocycles. The molecule has 1 N–H and O–H groups in total. The van der Waals surface area contributed by atoms with Gasteiger partial charge in [0.25, 0.3) is 0 Å². The van der Waals surface area contributed by atoms with E-state index in [2.05, 4.69) is 10.3 Å². The quantitative estimate of drug-likeness (QED) is 0.628. The summed E-state index contributed by atoms with van der Waals surface area (Å²) in [5, 5.41) is 3.34. The summed E-state index contributed by atoms with van der Waals surface area (Å²) in [7, 11) is 0. The summed E-state index contributed by atoms with van der Waals surface area (Å²) in [6, 6.07) is 0. The van der Waals surface area contributed by atoms with Gasteiger partial charge < -0.3 is 10.1 Å². The number of hydrogen-bond donors (Lipinski definition) is 1. The minimum Gasteiger partial charge on any atom is -0.481 e. The van der Waals surface area contributed by atoms with E-state index < -0.39 is 0 Å². The average molecular weight is 168 g/mol. The van der Waals surface area contributed by atoms with Crippen molar-refractivity contribution in [3.63, 3.8) is 0 Å². The standard InChI is InChI=1S/C9H16N2O/c1-4-11-9(12-7-1)8-2-5-10-6-3-8/h8,10H,1-7H2. The van der Waals surface area contributed by atoms with Crippen molar-refractivity contribution in [2.45, 2.75) is 19.3 Å². The van der Waals surface area contributed by atoms with Gasteiger partial charge in [0.15, 0.2) is 5.90 Å². The first-order valence-electron chi connectivity index (χ1n) is 4.84. The van der Waals surface area contributed by atoms with E-state index in [1.165, 1.54) is 12.8 Å². The van der Waals surface area contributed by atoms with E-state index in [1.807, 2.05) is 0 Å². The lowest BCUT2D eigenvalue weighted by atomic mass is 9.98. The maximum Gasteiger partial charge on any atom is 0.186 e. The summed E-state index contributed by atoms with van der Waals surface area (Å²) in [6.45, 7) is 4.09. The zero-order valence-electron chi connectivity index (χ0n) is 7.38. The van der Waals surface area contributed by atoms with E-state index in [-0.39, 0.29) is 0 Å². The summed E-state index contributed by atoms with van der Waals surface area (Å²) < 4.78 is 5.54. The summed E-state index contributed by atoms with van der Waals surface area (Å²) >= 11 is 0. The molecule has 0 spiro atoms. The van der Waals surface area contributed by atoms with E-state index in [0.717, 1.165) is 38.6 Å². The molecule has 0 aliphatic carbocycles. The molecule has 0 aromatic carbocycles. The number of hydrogen-bond acceptors (Lipinski definition) is 3. The second kappa shape index (κ2) is 3.90. The van der Waals surface area contributed by atoms with E-state index in [1.54, 1.807) is 0 Å². The van der Waals surface area contributed by atoms with Crippen molar-refractivity contribution in [3.8, 4) is 0 Å². The van der Waals surface area contributed by atoms with Crippen LogP contribution < -0.4 is 5.32 Å². The average Bonchev–Trinajstić information content (AvgIpc) is 2.21. The van der Waals surface area contributed by atoms with Crippen molar-refractivity contribution in [2.75, 3.05) is 26.2 Å². The molecule has 1 fully saturated rings. The molecule has 12 heavy (non-hydrogen) atoms. The van der Waals surface area contributed by atoms with Gasteiger partial charge in [-0.2, -0.15) is 0 Å². The van der Waals surface area contributed by atoms with Crippen LogP contribution in [0.15, 0.2) is 4.99 Å². The van der Waals surface area contributed by atoms with Crippen LogP contribution in [0.25, 0.3) is 0 Å². The zero-order chi connectivity index (χ0) is 8.23. The van der Waals surface area contributed by atoms with Gasteiger partial charge in [-0.15, -0.1) is 0 Å². The molecule has 0 atom stereocenters. The fourth-order valence-corrected chi connectivity index (χ4v) is 1.79. The first kappa shape index (κ1) is 8.05. The van der Waals surface area contributed by atoms with Gasteiger partial charge >= 0.3 is 0 Å². The molecule has 0 bridgehead atoms. The van der Waals surface area contributed by atoms with Crippen molar-refractivity contribution in [1.82, 2.24) is 5.32 Å². The maximum absolute atomic E-state index is 5.54. The van der Waals surface area contributed by atoms with Crippen molar-refractivity contribution in [3.05, 3.63) is 0 Å². The number of nitrogens with one attached hydrogen (secondary N) is 1. The maximum atomic E-state index is 5.54. The molecule has 2 rings (SSSR count). The SMILES string of the molecule is C1CN=C(C2CCNCC2)OC1. The molecule has 0 amide bonds. The predicted octanol–water partition coefficient (Wildman–Crippen LogP) is 0.805. The molecule has 1 saturated heterocycles. The fraction of sp³-hybridized carbons (Fsp3) is 0.889. The Morgan fingerprint density at radius 2 is 2.17 bits per heavy atom. The van der Waals surface area contributed by atoms with Crippen molar-refractivity contribution in [2.24, 2.45) is 10.9 Å². The minimum absolute atomic E-state index is 0.603. The van der Waals surface area contributed by atoms with Gasteiger partial charge in [-0.3, -0.25) is 4.99 Å². The molecular formula is C9H16N2O. The largest absolute Gasteiger partial charge is 0.481 e. The first-order valence-corrected chi connectivity index (χ1v) is 4.84. The lowest BCUT2D eigenvalue weighted by molar-refractivity contribution is 0.247. The van der Waals surface area contributed by atoms with Crippen molar-refractivity contribution < 1.29 is 4.74 Å². The molecule has 3 nitrogen and oxygen atoms in total. The minimum atomic E-state index is 0.603. The molecule has 2 aliphatic heterocycles. The highest BCUT2D eigenvalue weighted by molar-refractivity contribution is 5.79. The molecule has 0 radical (unpaired) electrons. The third-order valence-electron chi connectivity index (χ3n) is 2.51. The van der Waals surface area contributed by atoms with Gasteiger partial charge in [0.1, 0.15) is 0 Å². The van der Waals surface area contributed by atoms with E-state index >= 15 is 0 Å². The first-order chi connectivity index (χ1) is 5.97. The van der Waals surface area contributed by atoms with Crippen LogP contribution in [0.3, 0.4) is 0 Å². The van der Waals surface area contributed by atoms with Gasteiger partial charge in [0.05, 0.1) is 6.61 Å². The molecule has 68 valence electrons. The Morgan fingerprint density at radius 1 is 1.33 bits per heavy atom. The predicted molar refractivity (Wildman–Crippen MR) is 48.5 cm³/mol. The third kappa shape index (κ3) is 1.78. The molecule has 0 aromatic rings. The molecule has 0 aromatic heterocycles. The molecule has 0 saturated carbocycles. The molecule has 2 aliphatic rings. The summed E-state index contributed by atoms with van der Waals surface area (Å²) in [4.78, 5) is 4.42. The lowest BCUT2D eigenvalue weighted by Crippen LogP contribution is -2.34. The zero-order valence-corrected chi connectivity index (χ0v) is 7.38. The highest BCUT2D eigenvalue weighted by Gasteiger charge is 2.21. The van der Waals surface area contributed by atoms with E-state index in [0.29, 0.717) is 5.92 Å². The van der Waals surface area contributed by atoms with Crippen LogP contribution in [0, 0.1) is 5.92 Å². The topological polar surface area (TPSA) is 33.6 Å². The smallest absolute Gasteiger partial charge is 0.186 e. The fourth-order valence-electron chi connectivity index (χ4n) is 1.79. The Bertz CT molecular complexity index is 173. The van der Waals surface area contributed by atoms with Crippen LogP contribution in [0.5, 0.6) is 0 Å². The highest BCUT2D eigenvalue weighted by Crippen LogP contribution is 2.16. The van der Waals surface area contributed by atoms with Crippen molar-refractivity contribution in [1.29, 1.82) is 0 Å². The normalized spacial score (nSPS) is 26.2. The number of nitrogens with zero attached hydrogens (tertiary/aromatic N) is 1. The van der Waals surface area contributed by atoms with Gasteiger partial charge in [0, 0.05) is 18.9 Å². The van der Waals surface area contributed by atoms with Crippen LogP contribution in [-0.2, 0) is 4.74 Å². The van der Waals surface area contributed by atoms with Crippen molar-refractivity contribution >= 4 is 5.90 Å². The second-order valence-corrected chi connectivity index (χ2v) is 3.45. The van der Waals surface area contributed by atoms with Gasteiger partial charge in [-0.05, 0) is 25.9 Å². The monoisotopic (exact) mass is 168 g/mol. The lowest BCUT2D eigenvalue weighted by Gasteiger charge is -2.25. The van der Waals surface area contributed by atoms with Crippen LogP contribution in [0.2, 0.25) is 0 Å². The molecule has 3 heteroatoms. The summed E-state index contributed by atoms with van der Waals surface area (Å²) in [6.07, 6.45) is 3.48. The van der Waals surface area contributed by atoms with Gasteiger partial charge in [0.2, 0.25) is 0 Å². The number of rotatable bonds is 1. The summed E-state index contributed by atoms with van der Waals surface area (Å²) in [5.74, 6) is 1.63. The number of ether oxygens (including phenoxy) is 1. The van der Waals surface area contributed by atoms with Gasteiger partial charge in [-0.1, -0.05) is 0 Å². The molecule has 0 unspecified atom stereocenters. The van der Waals surface area contributed by atoms with Crippen LogP contribution in [0.1, 0.15) is 19.3 Å². The second-order valence-electron chi connectivity index (χ2n) is 3.45. The highest BCUT2D eigenvalue weighted by atomic mass is 16.5. The Hall–Kier alpha value is -0.570. The molecular weight excluding hydrogens is 152 g/mol. The number of aliphatic imine (C=N–C) groups is 1. The Kier molecular flexibility index (Phi) is 2.61. The van der Waals surface area contributed by atoms with Crippen LogP contribution in [-0.4, -0.2) is 32.1 Å². The van der Waals surface area contributed by atoms with Gasteiger partial charge in [-0.25, -0.2) is 0 Å². The third-order valence-corrected chi connectivity index (χ3v) is 2.51. The van der Waals surface area contributed by atoms with E-state index in [9.17, 15) is 0 Å².